The maximum absolute atomic E-state index is 13.0. The molecule has 4 rings (SSSR count). The highest BCUT2D eigenvalue weighted by atomic mass is 16.4. The van der Waals surface area contributed by atoms with Crippen LogP contribution in [0, 0.1) is 0 Å². The first-order valence-corrected chi connectivity index (χ1v) is 9.90. The number of fused-ring (bicyclic) bond motifs is 1. The van der Waals surface area contributed by atoms with Crippen LogP contribution in [0.5, 0.6) is 0 Å². The molecule has 0 atom stereocenters. The Kier molecular flexibility index (Phi) is 5.62. The second-order valence-corrected chi connectivity index (χ2v) is 7.53. The number of likely N-dealkylation sites (tertiary alicyclic amines) is 1. The van der Waals surface area contributed by atoms with Gasteiger partial charge in [-0.05, 0) is 47.5 Å². The van der Waals surface area contributed by atoms with E-state index in [0.717, 1.165) is 18.4 Å². The molecule has 1 fully saturated rings. The van der Waals surface area contributed by atoms with E-state index in [0.29, 0.717) is 47.5 Å². The molecule has 1 saturated heterocycles. The van der Waals surface area contributed by atoms with Crippen LogP contribution >= 0.6 is 0 Å². The van der Waals surface area contributed by atoms with Crippen LogP contribution in [0.2, 0.25) is 0 Å². The lowest BCUT2D eigenvalue weighted by molar-refractivity contribution is 0.0712. The lowest BCUT2D eigenvalue weighted by Gasteiger charge is -2.32. The third-order valence-electron chi connectivity index (χ3n) is 5.72. The SMILES string of the molecule is NCc1cccc(C2CCN(C(=O)c3cnc4cccc(B(O)O)c4c3)CC2)c1. The molecule has 0 bridgehead atoms. The smallest absolute Gasteiger partial charge is 0.423 e. The Bertz CT molecular complexity index is 1030. The summed E-state index contributed by atoms with van der Waals surface area (Å²) in [6.45, 7) is 1.89. The number of piperidine rings is 1. The van der Waals surface area contributed by atoms with Gasteiger partial charge in [0.15, 0.2) is 0 Å². The fourth-order valence-corrected chi connectivity index (χ4v) is 4.09. The Labute approximate surface area is 170 Å². The average Bonchev–Trinajstić information content (AvgIpc) is 2.77. The topological polar surface area (TPSA) is 99.7 Å². The molecule has 0 spiro atoms. The summed E-state index contributed by atoms with van der Waals surface area (Å²) in [6.07, 6.45) is 3.37. The number of pyridine rings is 1. The summed E-state index contributed by atoms with van der Waals surface area (Å²) >= 11 is 0. The largest absolute Gasteiger partial charge is 0.489 e. The van der Waals surface area contributed by atoms with Crippen LogP contribution < -0.4 is 11.2 Å². The number of amides is 1. The van der Waals surface area contributed by atoms with Gasteiger partial charge in [0.2, 0.25) is 0 Å². The summed E-state index contributed by atoms with van der Waals surface area (Å²) in [5.41, 5.74) is 9.62. The number of benzene rings is 2. The highest BCUT2D eigenvalue weighted by Gasteiger charge is 2.25. The van der Waals surface area contributed by atoms with Gasteiger partial charge in [-0.1, -0.05) is 36.4 Å². The minimum atomic E-state index is -1.61. The summed E-state index contributed by atoms with van der Waals surface area (Å²) in [5.74, 6) is 0.354. The van der Waals surface area contributed by atoms with Gasteiger partial charge in [0.1, 0.15) is 0 Å². The molecule has 0 radical (unpaired) electrons. The predicted molar refractivity (Wildman–Crippen MR) is 114 cm³/mol. The second-order valence-electron chi connectivity index (χ2n) is 7.53. The molecular weight excluding hydrogens is 365 g/mol. The van der Waals surface area contributed by atoms with Gasteiger partial charge in [0.25, 0.3) is 5.91 Å². The van der Waals surface area contributed by atoms with Crippen molar-refractivity contribution in [3.05, 3.63) is 71.4 Å². The first kappa shape index (κ1) is 19.6. The Morgan fingerprint density at radius 1 is 1.14 bits per heavy atom. The molecule has 2 heterocycles. The van der Waals surface area contributed by atoms with Crippen molar-refractivity contribution in [2.24, 2.45) is 5.73 Å². The molecule has 0 saturated carbocycles. The first-order valence-electron chi connectivity index (χ1n) is 9.90. The van der Waals surface area contributed by atoms with Crippen molar-refractivity contribution in [1.29, 1.82) is 0 Å². The van der Waals surface area contributed by atoms with Crippen molar-refractivity contribution in [2.45, 2.75) is 25.3 Å². The molecule has 1 aliphatic heterocycles. The van der Waals surface area contributed by atoms with Gasteiger partial charge in [-0.3, -0.25) is 9.78 Å². The molecule has 1 aromatic heterocycles. The summed E-state index contributed by atoms with van der Waals surface area (Å²) in [6, 6.07) is 15.2. The maximum Gasteiger partial charge on any atom is 0.489 e. The summed E-state index contributed by atoms with van der Waals surface area (Å²) in [4.78, 5) is 19.2. The Morgan fingerprint density at radius 2 is 1.90 bits per heavy atom. The lowest BCUT2D eigenvalue weighted by Crippen LogP contribution is -2.38. The Morgan fingerprint density at radius 3 is 2.62 bits per heavy atom. The Hall–Kier alpha value is -2.74. The van der Waals surface area contributed by atoms with Crippen LogP contribution in [0.3, 0.4) is 0 Å². The van der Waals surface area contributed by atoms with E-state index in [1.165, 1.54) is 5.56 Å². The van der Waals surface area contributed by atoms with Gasteiger partial charge in [-0.15, -0.1) is 0 Å². The van der Waals surface area contributed by atoms with Crippen LogP contribution in [0.1, 0.15) is 40.2 Å². The average molecular weight is 389 g/mol. The normalized spacial score (nSPS) is 14.9. The first-order chi connectivity index (χ1) is 14.1. The van der Waals surface area contributed by atoms with Crippen LogP contribution in [-0.4, -0.2) is 46.0 Å². The zero-order chi connectivity index (χ0) is 20.4. The van der Waals surface area contributed by atoms with Crippen molar-refractivity contribution < 1.29 is 14.8 Å². The fraction of sp³-hybridized carbons (Fsp3) is 0.273. The molecule has 7 heteroatoms. The van der Waals surface area contributed by atoms with Gasteiger partial charge in [0.05, 0.1) is 11.1 Å². The molecule has 148 valence electrons. The molecule has 6 nitrogen and oxygen atoms in total. The molecule has 1 aliphatic rings. The molecule has 2 aromatic carbocycles. The number of hydrogen-bond acceptors (Lipinski definition) is 5. The van der Waals surface area contributed by atoms with E-state index in [4.69, 9.17) is 5.73 Å². The second kappa shape index (κ2) is 8.33. The van der Waals surface area contributed by atoms with Crippen molar-refractivity contribution in [2.75, 3.05) is 13.1 Å². The fourth-order valence-electron chi connectivity index (χ4n) is 4.09. The van der Waals surface area contributed by atoms with E-state index < -0.39 is 7.12 Å². The van der Waals surface area contributed by atoms with Crippen molar-refractivity contribution in [1.82, 2.24) is 9.88 Å². The quantitative estimate of drug-likeness (QED) is 0.586. The van der Waals surface area contributed by atoms with E-state index in [1.807, 2.05) is 17.0 Å². The molecule has 0 aliphatic carbocycles. The molecule has 3 aromatic rings. The van der Waals surface area contributed by atoms with Crippen LogP contribution in [0.4, 0.5) is 0 Å². The standard InChI is InChI=1S/C22H24BN3O3/c24-13-15-3-1-4-17(11-15)16-7-9-26(10-8-16)22(27)18-12-19-20(23(28)29)5-2-6-21(19)25-14-18/h1-6,11-12,14,16,28-29H,7-10,13,24H2. The monoisotopic (exact) mass is 389 g/mol. The maximum atomic E-state index is 13.0. The van der Waals surface area contributed by atoms with Gasteiger partial charge < -0.3 is 20.7 Å². The van der Waals surface area contributed by atoms with Gasteiger partial charge >= 0.3 is 7.12 Å². The number of nitrogens with zero attached hydrogens (tertiary/aromatic N) is 2. The predicted octanol–water partition coefficient (Wildman–Crippen LogP) is 1.39. The zero-order valence-corrected chi connectivity index (χ0v) is 16.2. The zero-order valence-electron chi connectivity index (χ0n) is 16.2. The van der Waals surface area contributed by atoms with E-state index in [9.17, 15) is 14.8 Å². The molecule has 1 amide bonds. The third-order valence-corrected chi connectivity index (χ3v) is 5.72. The van der Waals surface area contributed by atoms with Gasteiger partial charge in [0, 0.05) is 31.2 Å². The lowest BCUT2D eigenvalue weighted by atomic mass is 9.77. The highest BCUT2D eigenvalue weighted by molar-refractivity contribution is 6.61. The number of nitrogens with two attached hydrogens (primary N) is 1. The number of aromatic nitrogens is 1. The Balaban J connectivity index is 1.50. The molecular formula is C22H24BN3O3. The molecule has 0 unspecified atom stereocenters. The summed E-state index contributed by atoms with van der Waals surface area (Å²) in [5, 5.41) is 19.8. The summed E-state index contributed by atoms with van der Waals surface area (Å²) in [7, 11) is -1.61. The molecule has 29 heavy (non-hydrogen) atoms. The van der Waals surface area contributed by atoms with Gasteiger partial charge in [-0.25, -0.2) is 0 Å². The van der Waals surface area contributed by atoms with E-state index in [-0.39, 0.29) is 5.91 Å². The van der Waals surface area contributed by atoms with Crippen molar-refractivity contribution in [3.63, 3.8) is 0 Å². The van der Waals surface area contributed by atoms with E-state index >= 15 is 0 Å². The van der Waals surface area contributed by atoms with Crippen molar-refractivity contribution in [3.8, 4) is 0 Å². The van der Waals surface area contributed by atoms with Crippen LogP contribution in [0.25, 0.3) is 10.9 Å². The summed E-state index contributed by atoms with van der Waals surface area (Å²) < 4.78 is 0. The van der Waals surface area contributed by atoms with Gasteiger partial charge in [-0.2, -0.15) is 0 Å². The number of carbonyl (C=O) groups excluding carboxylic acids is 1. The number of hydrogen-bond donors (Lipinski definition) is 3. The minimum absolute atomic E-state index is 0.0733. The number of carbonyl (C=O) groups is 1. The third kappa shape index (κ3) is 4.03. The highest BCUT2D eigenvalue weighted by Crippen LogP contribution is 2.29. The van der Waals surface area contributed by atoms with E-state index in [1.54, 1.807) is 30.5 Å². The van der Waals surface area contributed by atoms with Crippen molar-refractivity contribution >= 4 is 29.4 Å². The minimum Gasteiger partial charge on any atom is -0.423 e. The molecule has 4 N–H and O–H groups in total. The number of rotatable bonds is 4. The van der Waals surface area contributed by atoms with Crippen LogP contribution in [0.15, 0.2) is 54.7 Å². The van der Waals surface area contributed by atoms with Crippen LogP contribution in [-0.2, 0) is 6.54 Å². The van der Waals surface area contributed by atoms with E-state index in [2.05, 4.69) is 17.1 Å².